The van der Waals surface area contributed by atoms with E-state index in [1.54, 1.807) is 3.28 Å². The first-order valence-electron chi connectivity index (χ1n) is 1.77. The Bertz CT molecular complexity index is 102. The van der Waals surface area contributed by atoms with Crippen LogP contribution in [0.15, 0.2) is 9.36 Å². The molecule has 0 bridgehead atoms. The average molecular weight is 471 g/mol. The Balaban J connectivity index is 2.61. The summed E-state index contributed by atoms with van der Waals surface area (Å²) in [7, 11) is 0. The van der Waals surface area contributed by atoms with Crippen LogP contribution >= 0.6 is 0 Å². The summed E-state index contributed by atoms with van der Waals surface area (Å²) in [6.45, 7) is 2.27. The second-order valence-corrected chi connectivity index (χ2v) is 22.2. The summed E-state index contributed by atoms with van der Waals surface area (Å²) >= 11 is 0.0409. The summed E-state index contributed by atoms with van der Waals surface area (Å²) in [5.41, 5.74) is 0. The van der Waals surface area contributed by atoms with Gasteiger partial charge in [-0.3, -0.25) is 0 Å². The van der Waals surface area contributed by atoms with Crippen molar-refractivity contribution in [2.24, 2.45) is 0 Å². The molecular weight excluding hydrogens is 466 g/mol. The van der Waals surface area contributed by atoms with Gasteiger partial charge in [0.2, 0.25) is 0 Å². The molecule has 0 aliphatic carbocycles. The maximum absolute atomic E-state index is 3.38. The molecule has 6 heavy (non-hydrogen) atoms. The monoisotopic (exact) mass is 471 g/mol. The van der Waals surface area contributed by atoms with E-state index in [0.29, 0.717) is 0 Å². The minimum absolute atomic E-state index is 0.00926. The molecule has 0 aromatic heterocycles. The van der Waals surface area contributed by atoms with Crippen molar-refractivity contribution in [3.8, 4) is 0 Å². The predicted octanol–water partition coefficient (Wildman–Crippen LogP) is -0.361. The van der Waals surface area contributed by atoms with Gasteiger partial charge in [-0.1, -0.05) is 0 Å². The summed E-state index contributed by atoms with van der Waals surface area (Å²) in [5.74, 6) is 0. The molecule has 1 aliphatic rings. The molecule has 0 saturated heterocycles. The van der Waals surface area contributed by atoms with E-state index in [-0.39, 0.29) is 36.4 Å². The summed E-state index contributed by atoms with van der Waals surface area (Å²) in [5, 5.41) is 0. The first kappa shape index (κ1) is 5.51. The molecule has 0 amide bonds. The van der Waals surface area contributed by atoms with Crippen molar-refractivity contribution in [3.63, 3.8) is 0 Å². The van der Waals surface area contributed by atoms with E-state index < -0.39 is 0 Å². The molecule has 1 heterocycles. The van der Waals surface area contributed by atoms with Gasteiger partial charge in [0.15, 0.2) is 0 Å². The van der Waals surface area contributed by atoms with Gasteiger partial charge < -0.3 is 0 Å². The van der Waals surface area contributed by atoms with Crippen LogP contribution in [-0.4, -0.2) is 40.1 Å². The van der Waals surface area contributed by atoms with Crippen LogP contribution in [0.2, 0.25) is 0 Å². The molecule has 0 atom stereocenters. The molecule has 0 aromatic carbocycles. The quantitative estimate of drug-likeness (QED) is 0.424. The van der Waals surface area contributed by atoms with Crippen molar-refractivity contribution in [1.82, 2.24) is 0 Å². The molecule has 0 fully saturated rings. The van der Waals surface area contributed by atoms with Gasteiger partial charge in [-0.2, -0.15) is 0 Å². The SMILES string of the molecule is C[C]1=C[C]=[Bi][BiH]1. The van der Waals surface area contributed by atoms with Gasteiger partial charge >= 0.3 is 56.4 Å². The number of rotatable bonds is 0. The van der Waals surface area contributed by atoms with Crippen LogP contribution in [0.1, 0.15) is 6.92 Å². The van der Waals surface area contributed by atoms with Gasteiger partial charge in [0.1, 0.15) is 0 Å². The molecule has 0 nitrogen and oxygen atoms in total. The van der Waals surface area contributed by atoms with Crippen molar-refractivity contribution in [2.45, 2.75) is 6.92 Å². The van der Waals surface area contributed by atoms with Gasteiger partial charge in [-0.15, -0.1) is 0 Å². The first-order valence-corrected chi connectivity index (χ1v) is 22.5. The zero-order valence-electron chi connectivity index (χ0n) is 3.52. The molecular formula is C4H5Bi2. The van der Waals surface area contributed by atoms with Crippen molar-refractivity contribution >= 4 is 40.1 Å². The van der Waals surface area contributed by atoms with Crippen LogP contribution in [0.3, 0.4) is 0 Å². The fraction of sp³-hybridized carbons (Fsp3) is 0.250. The molecule has 2 heteroatoms. The van der Waals surface area contributed by atoms with E-state index in [1.165, 1.54) is 0 Å². The second-order valence-electron chi connectivity index (χ2n) is 1.18. The van der Waals surface area contributed by atoms with E-state index in [4.69, 9.17) is 0 Å². The Morgan fingerprint density at radius 3 is 3.00 bits per heavy atom. The Labute approximate surface area is 55.6 Å². The number of hydrogen-bond acceptors (Lipinski definition) is 0. The van der Waals surface area contributed by atoms with E-state index in [9.17, 15) is 0 Å². The van der Waals surface area contributed by atoms with Crippen LogP contribution in [0, 0.1) is 0 Å². The van der Waals surface area contributed by atoms with Crippen LogP contribution < -0.4 is 0 Å². The van der Waals surface area contributed by atoms with Crippen molar-refractivity contribution in [2.75, 3.05) is 0 Å². The van der Waals surface area contributed by atoms with Crippen LogP contribution in [0.5, 0.6) is 0 Å². The molecule has 0 unspecified atom stereocenters. The fourth-order valence-corrected chi connectivity index (χ4v) is 17.3. The number of hydrogen-bond donors (Lipinski definition) is 0. The summed E-state index contributed by atoms with van der Waals surface area (Å²) in [6.07, 6.45) is 2.24. The summed E-state index contributed by atoms with van der Waals surface area (Å²) in [4.78, 5) is 0. The Morgan fingerprint density at radius 2 is 2.83 bits per heavy atom. The van der Waals surface area contributed by atoms with Gasteiger partial charge in [0, 0.05) is 0 Å². The predicted molar refractivity (Wildman–Crippen MR) is 31.7 cm³/mol. The Morgan fingerprint density at radius 1 is 2.00 bits per heavy atom. The molecule has 0 saturated carbocycles. The first-order chi connectivity index (χ1) is 2.89. The molecule has 0 spiro atoms. The second kappa shape index (κ2) is 2.63. The van der Waals surface area contributed by atoms with Crippen molar-refractivity contribution in [1.29, 1.82) is 0 Å². The zero-order valence-corrected chi connectivity index (χ0v) is 10.9. The normalized spacial score (nSPS) is 18.5. The van der Waals surface area contributed by atoms with Gasteiger partial charge in [-0.25, -0.2) is 0 Å². The standard InChI is InChI=1S/C4H4.2Bi.H/c1-3-4-2;;;/h4H,1H3;;;. The van der Waals surface area contributed by atoms with Crippen LogP contribution in [0.25, 0.3) is 0 Å². The minimum atomic E-state index is -0.00926. The molecule has 1 aliphatic heterocycles. The average Bonchev–Trinajstić information content (AvgIpc) is 1.86. The Kier molecular flexibility index (Phi) is 2.41. The topological polar surface area (TPSA) is 0 Å². The van der Waals surface area contributed by atoms with Crippen molar-refractivity contribution in [3.05, 3.63) is 9.36 Å². The third-order valence-corrected chi connectivity index (χ3v) is 24.2. The third-order valence-electron chi connectivity index (χ3n) is 0.578. The van der Waals surface area contributed by atoms with E-state index in [2.05, 4.69) is 16.7 Å². The van der Waals surface area contributed by atoms with E-state index in [0.717, 1.165) is 0 Å². The molecule has 0 aromatic rings. The molecule has 1 rings (SSSR count). The van der Waals surface area contributed by atoms with Crippen LogP contribution in [-0.2, 0) is 0 Å². The molecule has 31 valence electrons. The van der Waals surface area contributed by atoms with E-state index >= 15 is 0 Å². The third kappa shape index (κ3) is 1.47. The van der Waals surface area contributed by atoms with Gasteiger partial charge in [0.05, 0.1) is 0 Å². The maximum atomic E-state index is 3.38. The summed E-state index contributed by atoms with van der Waals surface area (Å²) < 4.78 is 5.12. The zero-order chi connectivity index (χ0) is 4.41. The molecule has 0 N–H and O–H groups in total. The van der Waals surface area contributed by atoms with E-state index in [1.807, 2.05) is 0 Å². The van der Waals surface area contributed by atoms with Gasteiger partial charge in [-0.05, 0) is 0 Å². The van der Waals surface area contributed by atoms with Crippen LogP contribution in [0.4, 0.5) is 0 Å². The van der Waals surface area contributed by atoms with Gasteiger partial charge in [0.25, 0.3) is 0 Å². The number of allylic oxidation sites excluding steroid dienone is 2. The molecule has 1 radical (unpaired) electrons. The fourth-order valence-electron chi connectivity index (χ4n) is 0.282. The summed E-state index contributed by atoms with van der Waals surface area (Å²) in [6, 6.07) is 0. The van der Waals surface area contributed by atoms with Crippen molar-refractivity contribution < 1.29 is 0 Å². The Hall–Kier alpha value is 1.38.